The number of nitrogens with one attached hydrogen (secondary N) is 1. The van der Waals surface area contributed by atoms with Crippen LogP contribution in [-0.2, 0) is 11.2 Å². The first kappa shape index (κ1) is 16.7. The summed E-state index contributed by atoms with van der Waals surface area (Å²) in [6.45, 7) is 2.07. The monoisotopic (exact) mass is 337 g/mol. The molecule has 116 valence electrons. The minimum atomic E-state index is -0.254. The van der Waals surface area contributed by atoms with Gasteiger partial charge in [0, 0.05) is 5.69 Å². The molecule has 2 aromatic carbocycles. The van der Waals surface area contributed by atoms with Crippen LogP contribution < -0.4 is 10.1 Å². The van der Waals surface area contributed by atoms with Gasteiger partial charge >= 0.3 is 0 Å². The molecule has 0 radical (unpaired) electrons. The molecule has 0 atom stereocenters. The summed E-state index contributed by atoms with van der Waals surface area (Å²) in [4.78, 5) is 11.8. The van der Waals surface area contributed by atoms with Crippen molar-refractivity contribution in [2.75, 3.05) is 11.9 Å². The minimum Gasteiger partial charge on any atom is -0.484 e. The Labute approximate surface area is 140 Å². The van der Waals surface area contributed by atoms with E-state index >= 15 is 0 Å². The van der Waals surface area contributed by atoms with E-state index in [0.717, 1.165) is 12.8 Å². The summed E-state index contributed by atoms with van der Waals surface area (Å²) in [6, 6.07) is 12.7. The van der Waals surface area contributed by atoms with E-state index in [2.05, 4.69) is 12.2 Å². The highest BCUT2D eigenvalue weighted by Gasteiger charge is 2.06. The van der Waals surface area contributed by atoms with Gasteiger partial charge in [-0.1, -0.05) is 48.7 Å². The number of hydrogen-bond acceptors (Lipinski definition) is 2. The number of rotatable bonds is 6. The van der Waals surface area contributed by atoms with Crippen LogP contribution in [0.15, 0.2) is 42.5 Å². The van der Waals surface area contributed by atoms with E-state index in [9.17, 15) is 4.79 Å². The topological polar surface area (TPSA) is 38.3 Å². The number of hydrogen-bond donors (Lipinski definition) is 1. The second kappa shape index (κ2) is 8.06. The maximum atomic E-state index is 11.8. The Morgan fingerprint density at radius 1 is 1.09 bits per heavy atom. The number of amides is 1. The number of carbonyl (C=O) groups is 1. The zero-order valence-electron chi connectivity index (χ0n) is 12.2. The van der Waals surface area contributed by atoms with E-state index in [1.807, 2.05) is 24.3 Å². The summed E-state index contributed by atoms with van der Waals surface area (Å²) in [5, 5.41) is 3.55. The fraction of sp³-hybridized carbons (Fsp3) is 0.235. The number of aryl methyl sites for hydroxylation is 1. The summed E-state index contributed by atoms with van der Waals surface area (Å²) < 4.78 is 5.46. The smallest absolute Gasteiger partial charge is 0.262 e. The largest absolute Gasteiger partial charge is 0.484 e. The predicted molar refractivity (Wildman–Crippen MR) is 91.0 cm³/mol. The molecule has 0 saturated heterocycles. The third-order valence-electron chi connectivity index (χ3n) is 3.04. The first-order valence-electron chi connectivity index (χ1n) is 7.05. The molecule has 0 aliphatic carbocycles. The van der Waals surface area contributed by atoms with E-state index in [1.165, 1.54) is 5.56 Å². The zero-order valence-corrected chi connectivity index (χ0v) is 13.7. The number of carbonyl (C=O) groups excluding carboxylic acids is 1. The van der Waals surface area contributed by atoms with Crippen LogP contribution in [0.2, 0.25) is 10.0 Å². The highest BCUT2D eigenvalue weighted by atomic mass is 35.5. The van der Waals surface area contributed by atoms with Crippen LogP contribution in [0.5, 0.6) is 5.75 Å². The second-order valence-corrected chi connectivity index (χ2v) is 5.67. The molecular weight excluding hydrogens is 321 g/mol. The average molecular weight is 338 g/mol. The Kier molecular flexibility index (Phi) is 6.10. The highest BCUT2D eigenvalue weighted by molar-refractivity contribution is 6.42. The number of benzene rings is 2. The van der Waals surface area contributed by atoms with Crippen molar-refractivity contribution in [1.82, 2.24) is 0 Å². The Morgan fingerprint density at radius 2 is 1.82 bits per heavy atom. The lowest BCUT2D eigenvalue weighted by Crippen LogP contribution is -2.20. The standard InChI is InChI=1S/C17H17Cl2NO2/c1-2-3-12-4-7-14(8-5-12)22-11-17(21)20-13-6-9-15(18)16(19)10-13/h4-10H,2-3,11H2,1H3,(H,20,21). The fourth-order valence-corrected chi connectivity index (χ4v) is 2.26. The summed E-state index contributed by atoms with van der Waals surface area (Å²) in [7, 11) is 0. The molecule has 5 heteroatoms. The summed E-state index contributed by atoms with van der Waals surface area (Å²) in [6.07, 6.45) is 2.14. The van der Waals surface area contributed by atoms with Gasteiger partial charge < -0.3 is 10.1 Å². The van der Waals surface area contributed by atoms with Gasteiger partial charge in [0.2, 0.25) is 0 Å². The maximum Gasteiger partial charge on any atom is 0.262 e. The quantitative estimate of drug-likeness (QED) is 0.808. The molecule has 2 rings (SSSR count). The molecule has 0 spiro atoms. The van der Waals surface area contributed by atoms with Crippen molar-refractivity contribution >= 4 is 34.8 Å². The Hall–Kier alpha value is -1.71. The van der Waals surface area contributed by atoms with Gasteiger partial charge in [0.1, 0.15) is 5.75 Å². The van der Waals surface area contributed by atoms with Crippen LogP contribution in [-0.4, -0.2) is 12.5 Å². The van der Waals surface area contributed by atoms with Crippen LogP contribution in [0, 0.1) is 0 Å². The van der Waals surface area contributed by atoms with Gasteiger partial charge in [0.05, 0.1) is 10.0 Å². The first-order chi connectivity index (χ1) is 10.6. The van der Waals surface area contributed by atoms with Crippen molar-refractivity contribution in [1.29, 1.82) is 0 Å². The van der Waals surface area contributed by atoms with Gasteiger partial charge in [-0.05, 0) is 42.3 Å². The van der Waals surface area contributed by atoms with E-state index in [-0.39, 0.29) is 12.5 Å². The molecule has 0 aliphatic heterocycles. The molecule has 1 amide bonds. The van der Waals surface area contributed by atoms with Gasteiger partial charge in [-0.3, -0.25) is 4.79 Å². The molecule has 0 fully saturated rings. The van der Waals surface area contributed by atoms with E-state index in [4.69, 9.17) is 27.9 Å². The van der Waals surface area contributed by atoms with Crippen molar-refractivity contribution < 1.29 is 9.53 Å². The lowest BCUT2D eigenvalue weighted by Gasteiger charge is -2.09. The molecule has 0 bridgehead atoms. The normalized spacial score (nSPS) is 10.3. The average Bonchev–Trinajstić information content (AvgIpc) is 2.51. The number of halogens is 2. The molecule has 0 heterocycles. The SMILES string of the molecule is CCCc1ccc(OCC(=O)Nc2ccc(Cl)c(Cl)c2)cc1. The Balaban J connectivity index is 1.85. The van der Waals surface area contributed by atoms with Gasteiger partial charge in [-0.25, -0.2) is 0 Å². The second-order valence-electron chi connectivity index (χ2n) is 4.86. The Bertz CT molecular complexity index is 642. The maximum absolute atomic E-state index is 11.8. The molecule has 1 N–H and O–H groups in total. The lowest BCUT2D eigenvalue weighted by atomic mass is 10.1. The molecular formula is C17H17Cl2NO2. The van der Waals surface area contributed by atoms with Gasteiger partial charge in [-0.2, -0.15) is 0 Å². The van der Waals surface area contributed by atoms with Crippen LogP contribution >= 0.6 is 23.2 Å². The fourth-order valence-electron chi connectivity index (χ4n) is 1.96. The molecule has 0 aliphatic rings. The molecule has 0 aromatic heterocycles. The van der Waals surface area contributed by atoms with Crippen LogP contribution in [0.3, 0.4) is 0 Å². The van der Waals surface area contributed by atoms with Crippen molar-refractivity contribution in [3.05, 3.63) is 58.1 Å². The highest BCUT2D eigenvalue weighted by Crippen LogP contribution is 2.25. The lowest BCUT2D eigenvalue weighted by molar-refractivity contribution is -0.118. The van der Waals surface area contributed by atoms with E-state index < -0.39 is 0 Å². The van der Waals surface area contributed by atoms with Crippen LogP contribution in [0.1, 0.15) is 18.9 Å². The van der Waals surface area contributed by atoms with Gasteiger partial charge in [-0.15, -0.1) is 0 Å². The molecule has 0 unspecified atom stereocenters. The van der Waals surface area contributed by atoms with Crippen molar-refractivity contribution in [2.24, 2.45) is 0 Å². The molecule has 22 heavy (non-hydrogen) atoms. The van der Waals surface area contributed by atoms with Crippen molar-refractivity contribution in [3.63, 3.8) is 0 Å². The summed E-state index contributed by atoms with van der Waals surface area (Å²) in [5.41, 5.74) is 1.84. The zero-order chi connectivity index (χ0) is 15.9. The number of anilines is 1. The van der Waals surface area contributed by atoms with Crippen molar-refractivity contribution in [3.8, 4) is 5.75 Å². The molecule has 0 saturated carbocycles. The first-order valence-corrected chi connectivity index (χ1v) is 7.80. The van der Waals surface area contributed by atoms with Crippen molar-refractivity contribution in [2.45, 2.75) is 19.8 Å². The molecule has 3 nitrogen and oxygen atoms in total. The summed E-state index contributed by atoms with van der Waals surface area (Å²) in [5.74, 6) is 0.417. The predicted octanol–water partition coefficient (Wildman–Crippen LogP) is 4.96. The minimum absolute atomic E-state index is 0.0621. The van der Waals surface area contributed by atoms with E-state index in [1.54, 1.807) is 18.2 Å². The van der Waals surface area contributed by atoms with E-state index in [0.29, 0.717) is 21.5 Å². The number of ether oxygens (including phenoxy) is 1. The molecule has 2 aromatic rings. The van der Waals surface area contributed by atoms with Crippen LogP contribution in [0.4, 0.5) is 5.69 Å². The van der Waals surface area contributed by atoms with Gasteiger partial charge in [0.15, 0.2) is 6.61 Å². The third kappa shape index (κ3) is 4.93. The Morgan fingerprint density at radius 3 is 2.45 bits per heavy atom. The van der Waals surface area contributed by atoms with Crippen LogP contribution in [0.25, 0.3) is 0 Å². The summed E-state index contributed by atoms with van der Waals surface area (Å²) >= 11 is 11.7. The van der Waals surface area contributed by atoms with Gasteiger partial charge in [0.25, 0.3) is 5.91 Å². The third-order valence-corrected chi connectivity index (χ3v) is 3.77.